The van der Waals surface area contributed by atoms with E-state index in [1.807, 2.05) is 30.3 Å². The fourth-order valence-corrected chi connectivity index (χ4v) is 6.85. The Morgan fingerprint density at radius 1 is 0.525 bits per heavy atom. The number of unbranched alkanes of at least 4 members (excludes halogenated alkanes) is 11. The minimum atomic E-state index is -1.31. The Morgan fingerprint density at radius 3 is 1.34 bits per heavy atom. The highest BCUT2D eigenvalue weighted by Gasteiger charge is 2.38. The molecule has 12 nitrogen and oxygen atoms in total. The molecule has 348 valence electrons. The first-order chi connectivity index (χ1) is 28.5. The van der Waals surface area contributed by atoms with Gasteiger partial charge in [0.05, 0.1) is 0 Å². The maximum Gasteiger partial charge on any atom is 0.306 e. The molecule has 0 radical (unpaired) electrons. The van der Waals surface area contributed by atoms with Gasteiger partial charge >= 0.3 is 23.9 Å². The second-order valence-electron chi connectivity index (χ2n) is 19.5. The number of hydrogen-bond donors (Lipinski definition) is 2. The maximum absolute atomic E-state index is 14.5. The summed E-state index contributed by atoms with van der Waals surface area (Å²) in [4.78, 5) is 80.1. The second-order valence-corrected chi connectivity index (χ2v) is 19.5. The minimum absolute atomic E-state index is 0.0118. The van der Waals surface area contributed by atoms with Gasteiger partial charge in [-0.3, -0.25) is 28.8 Å². The molecule has 0 fully saturated rings. The van der Waals surface area contributed by atoms with Crippen LogP contribution in [0.3, 0.4) is 0 Å². The molecule has 0 aliphatic rings. The van der Waals surface area contributed by atoms with Crippen LogP contribution in [0.5, 0.6) is 0 Å². The minimum Gasteiger partial charge on any atom is -0.461 e. The monoisotopic (exact) mass is 859 g/mol. The normalized spacial score (nSPS) is 12.6. The SMILES string of the molecule is CCCCCCCCCCCCCCC(=O)NC(CCC(=O)OCc1ccccc1)C(=O)NC(CCC(=O)OC(C)(C)C)(CCC(=O)OC(C)(C)C)CCC(=O)OC(C)(C)C. The van der Waals surface area contributed by atoms with Crippen molar-refractivity contribution in [3.63, 3.8) is 0 Å². The quantitative estimate of drug-likeness (QED) is 0.0432. The van der Waals surface area contributed by atoms with Crippen LogP contribution in [-0.4, -0.2) is 64.1 Å². The zero-order chi connectivity index (χ0) is 46.0. The van der Waals surface area contributed by atoms with Crippen LogP contribution in [-0.2, 0) is 54.3 Å². The van der Waals surface area contributed by atoms with Gasteiger partial charge in [0.15, 0.2) is 0 Å². The Balaban J connectivity index is 3.28. The molecule has 12 heteroatoms. The van der Waals surface area contributed by atoms with Crippen molar-refractivity contribution in [1.29, 1.82) is 0 Å². The summed E-state index contributed by atoms with van der Waals surface area (Å²) in [5.41, 5.74) is -2.81. The van der Waals surface area contributed by atoms with Crippen molar-refractivity contribution in [2.75, 3.05) is 0 Å². The molecule has 61 heavy (non-hydrogen) atoms. The molecule has 1 atom stereocenters. The number of nitrogens with one attached hydrogen (secondary N) is 2. The topological polar surface area (TPSA) is 163 Å². The molecule has 0 spiro atoms. The van der Waals surface area contributed by atoms with Gasteiger partial charge in [0.25, 0.3) is 0 Å². The highest BCUT2D eigenvalue weighted by atomic mass is 16.6. The van der Waals surface area contributed by atoms with Crippen molar-refractivity contribution in [3.05, 3.63) is 35.9 Å². The first kappa shape index (κ1) is 55.1. The van der Waals surface area contributed by atoms with Gasteiger partial charge in [-0.15, -0.1) is 0 Å². The van der Waals surface area contributed by atoms with E-state index < -0.39 is 58.2 Å². The van der Waals surface area contributed by atoms with Gasteiger partial charge in [-0.05, 0) is 100.0 Å². The van der Waals surface area contributed by atoms with E-state index in [4.69, 9.17) is 18.9 Å². The van der Waals surface area contributed by atoms with Crippen molar-refractivity contribution < 1.29 is 47.7 Å². The van der Waals surface area contributed by atoms with Crippen LogP contribution in [0, 0.1) is 0 Å². The Labute approximate surface area is 368 Å². The summed E-state index contributed by atoms with van der Waals surface area (Å²) < 4.78 is 22.3. The molecular weight excluding hydrogens is 777 g/mol. The van der Waals surface area contributed by atoms with E-state index in [0.29, 0.717) is 6.42 Å². The molecule has 1 aromatic rings. The van der Waals surface area contributed by atoms with Crippen LogP contribution in [0.4, 0.5) is 0 Å². The van der Waals surface area contributed by atoms with Gasteiger partial charge in [0.1, 0.15) is 29.5 Å². The zero-order valence-corrected chi connectivity index (χ0v) is 39.6. The van der Waals surface area contributed by atoms with E-state index in [1.54, 1.807) is 62.3 Å². The molecule has 0 bridgehead atoms. The number of ether oxygens (including phenoxy) is 4. The van der Waals surface area contributed by atoms with E-state index >= 15 is 0 Å². The first-order valence-electron chi connectivity index (χ1n) is 23.0. The number of hydrogen-bond acceptors (Lipinski definition) is 10. The highest BCUT2D eigenvalue weighted by Crippen LogP contribution is 2.29. The summed E-state index contributed by atoms with van der Waals surface area (Å²) in [7, 11) is 0. The van der Waals surface area contributed by atoms with Gasteiger partial charge in [-0.25, -0.2) is 0 Å². The van der Waals surface area contributed by atoms with Crippen LogP contribution in [0.15, 0.2) is 30.3 Å². The Kier molecular flexibility index (Phi) is 25.8. The van der Waals surface area contributed by atoms with E-state index in [-0.39, 0.29) is 70.3 Å². The van der Waals surface area contributed by atoms with Gasteiger partial charge in [-0.2, -0.15) is 0 Å². The van der Waals surface area contributed by atoms with E-state index in [2.05, 4.69) is 17.6 Å². The Hall–Kier alpha value is -3.96. The lowest BCUT2D eigenvalue weighted by Crippen LogP contribution is -2.56. The van der Waals surface area contributed by atoms with E-state index in [9.17, 15) is 28.8 Å². The fraction of sp³-hybridized carbons (Fsp3) is 0.755. The van der Waals surface area contributed by atoms with Crippen molar-refractivity contribution in [3.8, 4) is 0 Å². The lowest BCUT2D eigenvalue weighted by molar-refractivity contribution is -0.156. The van der Waals surface area contributed by atoms with Gasteiger partial charge < -0.3 is 29.6 Å². The first-order valence-corrected chi connectivity index (χ1v) is 23.0. The maximum atomic E-state index is 14.5. The lowest BCUT2D eigenvalue weighted by atomic mass is 9.83. The second kappa shape index (κ2) is 28.6. The van der Waals surface area contributed by atoms with Crippen LogP contribution < -0.4 is 10.6 Å². The molecule has 0 aliphatic heterocycles. The fourth-order valence-electron chi connectivity index (χ4n) is 6.85. The van der Waals surface area contributed by atoms with Crippen molar-refractivity contribution in [2.24, 2.45) is 0 Å². The third kappa shape index (κ3) is 29.9. The predicted molar refractivity (Wildman–Crippen MR) is 239 cm³/mol. The molecule has 1 rings (SSSR count). The summed E-state index contributed by atoms with van der Waals surface area (Å²) in [5, 5.41) is 5.92. The van der Waals surface area contributed by atoms with E-state index in [0.717, 1.165) is 24.8 Å². The predicted octanol–water partition coefficient (Wildman–Crippen LogP) is 10.3. The van der Waals surface area contributed by atoms with Crippen molar-refractivity contribution in [2.45, 2.75) is 239 Å². The lowest BCUT2D eigenvalue weighted by Gasteiger charge is -2.37. The molecule has 0 saturated heterocycles. The molecule has 1 unspecified atom stereocenters. The number of esters is 4. The number of carbonyl (C=O) groups excluding carboxylic acids is 6. The molecule has 2 amide bonds. The van der Waals surface area contributed by atoms with Crippen LogP contribution in [0.1, 0.15) is 210 Å². The zero-order valence-electron chi connectivity index (χ0n) is 39.6. The van der Waals surface area contributed by atoms with Crippen LogP contribution in [0.2, 0.25) is 0 Å². The largest absolute Gasteiger partial charge is 0.461 e. The molecule has 2 N–H and O–H groups in total. The molecule has 0 aromatic heterocycles. The summed E-state index contributed by atoms with van der Waals surface area (Å²) in [6, 6.07) is 8.07. The third-order valence-electron chi connectivity index (χ3n) is 9.86. The average Bonchev–Trinajstić information content (AvgIpc) is 3.15. The summed E-state index contributed by atoms with van der Waals surface area (Å²) in [5.74, 6) is -3.04. The van der Waals surface area contributed by atoms with Gasteiger partial charge in [-0.1, -0.05) is 108 Å². The van der Waals surface area contributed by atoms with Gasteiger partial charge in [0, 0.05) is 37.6 Å². The average molecular weight is 859 g/mol. The smallest absolute Gasteiger partial charge is 0.306 e. The van der Waals surface area contributed by atoms with Crippen molar-refractivity contribution in [1.82, 2.24) is 10.6 Å². The molecule has 0 saturated carbocycles. The molecule has 0 aliphatic carbocycles. The molecule has 1 aromatic carbocycles. The molecule has 0 heterocycles. The Bertz CT molecular complexity index is 1380. The third-order valence-corrected chi connectivity index (χ3v) is 9.86. The van der Waals surface area contributed by atoms with Crippen LogP contribution in [0.25, 0.3) is 0 Å². The molecular formula is C49H82N2O10. The summed E-state index contributed by atoms with van der Waals surface area (Å²) in [6.45, 7) is 18.0. The highest BCUT2D eigenvalue weighted by molar-refractivity contribution is 5.88. The van der Waals surface area contributed by atoms with Crippen molar-refractivity contribution >= 4 is 35.7 Å². The number of benzene rings is 1. The summed E-state index contributed by atoms with van der Waals surface area (Å²) >= 11 is 0. The number of carbonyl (C=O) groups is 6. The number of amides is 2. The van der Waals surface area contributed by atoms with Crippen LogP contribution >= 0.6 is 0 Å². The van der Waals surface area contributed by atoms with Gasteiger partial charge in [0.2, 0.25) is 11.8 Å². The summed E-state index contributed by atoms with van der Waals surface area (Å²) in [6.07, 6.45) is 13.4. The Morgan fingerprint density at radius 2 is 0.934 bits per heavy atom. The standard InChI is InChI=1S/C49H82N2O10/c1-11-12-13-14-15-16-17-18-19-20-21-25-28-40(52)50-39(29-30-41(53)58-37-38-26-23-22-24-27-38)45(57)51-49(34-31-42(54)59-46(2,3)4,35-32-43(55)60-47(5,6)7)36-33-44(56)61-48(8,9)10/h22-24,26-27,39H,11-21,25,28-37H2,1-10H3,(H,50,52)(H,51,57). The number of rotatable bonds is 30. The van der Waals surface area contributed by atoms with E-state index in [1.165, 1.54) is 51.4 Å².